The topological polar surface area (TPSA) is 126 Å². The van der Waals surface area contributed by atoms with Gasteiger partial charge in [0, 0.05) is 12.6 Å². The van der Waals surface area contributed by atoms with Gasteiger partial charge >= 0.3 is 12.0 Å². The predicted octanol–water partition coefficient (Wildman–Crippen LogP) is 4.58. The maximum atomic E-state index is 14.1. The number of amides is 2. The maximum absolute atomic E-state index is 14.1. The monoisotopic (exact) mass is 541 g/mol. The van der Waals surface area contributed by atoms with Gasteiger partial charge in [0.15, 0.2) is 21.4 Å². The van der Waals surface area contributed by atoms with Gasteiger partial charge < -0.3 is 14.7 Å². The standard InChI is InChI=1S/C24H32FN3O6S2/c1-15-5-8-17(9-6-15)28(12-11-16-7-10-19(34-4)18(25)13-16)23(31)27-22-26-14-20(35-22)36(32,33)24(2,3)21(29)30/h7,10,13-15,17H,5-6,8-9,11-12H2,1-4H3,(H,29,30)(H,26,27,31)/t15-,17-. The summed E-state index contributed by atoms with van der Waals surface area (Å²) in [7, 11) is -2.81. The molecule has 1 aliphatic carbocycles. The number of anilines is 1. The number of urea groups is 1. The van der Waals surface area contributed by atoms with E-state index in [2.05, 4.69) is 17.2 Å². The van der Waals surface area contributed by atoms with E-state index in [9.17, 15) is 27.5 Å². The minimum absolute atomic E-state index is 0.0154. The molecule has 36 heavy (non-hydrogen) atoms. The Bertz CT molecular complexity index is 1210. The highest BCUT2D eigenvalue weighted by molar-refractivity contribution is 7.95. The average Bonchev–Trinajstić information content (AvgIpc) is 3.29. The lowest BCUT2D eigenvalue weighted by Gasteiger charge is -2.36. The molecule has 198 valence electrons. The van der Waals surface area contributed by atoms with Crippen molar-refractivity contribution in [2.45, 2.75) is 67.9 Å². The van der Waals surface area contributed by atoms with Crippen LogP contribution in [-0.4, -0.2) is 59.9 Å². The summed E-state index contributed by atoms with van der Waals surface area (Å²) < 4.78 is 42.4. The number of rotatable bonds is 9. The predicted molar refractivity (Wildman–Crippen MR) is 135 cm³/mol. The van der Waals surface area contributed by atoms with Crippen LogP contribution in [0.3, 0.4) is 0 Å². The number of hydrogen-bond acceptors (Lipinski definition) is 7. The second kappa shape index (κ2) is 11.1. The van der Waals surface area contributed by atoms with E-state index in [0.717, 1.165) is 45.7 Å². The molecule has 0 unspecified atom stereocenters. The van der Waals surface area contributed by atoms with E-state index < -0.39 is 32.4 Å². The SMILES string of the molecule is COc1ccc(CCN(C(=O)Nc2ncc(S(=O)(=O)C(C)(C)C(=O)O)s2)[C@H]2CC[C@H](C)CC2)cc1F. The second-order valence-corrected chi connectivity index (χ2v) is 13.3. The van der Waals surface area contributed by atoms with E-state index in [4.69, 9.17) is 4.74 Å². The molecule has 12 heteroatoms. The van der Waals surface area contributed by atoms with Crippen LogP contribution >= 0.6 is 11.3 Å². The smallest absolute Gasteiger partial charge is 0.324 e. The number of benzene rings is 1. The Hall–Kier alpha value is -2.73. The number of carboxylic acids is 1. The molecular weight excluding hydrogens is 509 g/mol. The molecule has 2 amide bonds. The number of carboxylic acid groups (broad SMARTS) is 1. The van der Waals surface area contributed by atoms with E-state index in [0.29, 0.717) is 35.8 Å². The van der Waals surface area contributed by atoms with Crippen LogP contribution in [0.1, 0.15) is 52.0 Å². The first-order valence-corrected chi connectivity index (χ1v) is 14.0. The molecule has 1 aromatic carbocycles. The van der Waals surface area contributed by atoms with E-state index in [1.54, 1.807) is 17.0 Å². The molecule has 0 atom stereocenters. The molecule has 0 spiro atoms. The van der Waals surface area contributed by atoms with Crippen molar-refractivity contribution in [3.8, 4) is 5.75 Å². The average molecular weight is 542 g/mol. The summed E-state index contributed by atoms with van der Waals surface area (Å²) in [6.45, 7) is 4.73. The van der Waals surface area contributed by atoms with Crippen LogP contribution in [0.25, 0.3) is 0 Å². The molecule has 1 aliphatic rings. The van der Waals surface area contributed by atoms with Crippen molar-refractivity contribution in [3.05, 3.63) is 35.8 Å². The third-order valence-corrected chi connectivity index (χ3v) is 10.5. The number of ether oxygens (including phenoxy) is 1. The maximum Gasteiger partial charge on any atom is 0.324 e. The van der Waals surface area contributed by atoms with Crippen LogP contribution < -0.4 is 10.1 Å². The Morgan fingerprint density at radius 1 is 1.28 bits per heavy atom. The number of hydrogen-bond donors (Lipinski definition) is 2. The molecule has 0 aliphatic heterocycles. The van der Waals surface area contributed by atoms with Crippen LogP contribution in [0.15, 0.2) is 28.6 Å². The molecular formula is C24H32FN3O6S2. The fraction of sp³-hybridized carbons (Fsp3) is 0.542. The first-order valence-electron chi connectivity index (χ1n) is 11.7. The molecule has 1 aromatic heterocycles. The van der Waals surface area contributed by atoms with E-state index in [1.807, 2.05) is 0 Å². The van der Waals surface area contributed by atoms with Crippen LogP contribution in [0.4, 0.5) is 14.3 Å². The summed E-state index contributed by atoms with van der Waals surface area (Å²) in [5.74, 6) is -1.23. The second-order valence-electron chi connectivity index (χ2n) is 9.56. The van der Waals surface area contributed by atoms with Gasteiger partial charge in [-0.15, -0.1) is 0 Å². The first kappa shape index (κ1) is 27.9. The van der Waals surface area contributed by atoms with E-state index in [-0.39, 0.29) is 21.1 Å². The number of methoxy groups -OCH3 is 1. The molecule has 0 radical (unpaired) electrons. The van der Waals surface area contributed by atoms with Gasteiger partial charge in [0.25, 0.3) is 0 Å². The first-order chi connectivity index (χ1) is 16.9. The van der Waals surface area contributed by atoms with Crippen molar-refractivity contribution < 1.29 is 32.2 Å². The lowest BCUT2D eigenvalue weighted by Crippen LogP contribution is -2.45. The third-order valence-electron chi connectivity index (χ3n) is 6.69. The zero-order valence-corrected chi connectivity index (χ0v) is 22.4. The Morgan fingerprint density at radius 3 is 2.53 bits per heavy atom. The van der Waals surface area contributed by atoms with Gasteiger partial charge in [0.05, 0.1) is 13.3 Å². The summed E-state index contributed by atoms with van der Waals surface area (Å²) >= 11 is 0.713. The van der Waals surface area contributed by atoms with Crippen molar-refractivity contribution in [3.63, 3.8) is 0 Å². The van der Waals surface area contributed by atoms with Gasteiger partial charge in [-0.1, -0.05) is 24.3 Å². The minimum atomic E-state index is -4.21. The molecule has 1 fully saturated rings. The summed E-state index contributed by atoms with van der Waals surface area (Å²) in [6.07, 6.45) is 5.11. The molecule has 2 aromatic rings. The molecule has 0 bridgehead atoms. The highest BCUT2D eigenvalue weighted by Crippen LogP contribution is 2.33. The van der Waals surface area contributed by atoms with Crippen molar-refractivity contribution in [1.82, 2.24) is 9.88 Å². The van der Waals surface area contributed by atoms with Crippen LogP contribution in [-0.2, 0) is 21.1 Å². The zero-order valence-electron chi connectivity index (χ0n) is 20.8. The summed E-state index contributed by atoms with van der Waals surface area (Å²) in [5, 5.41) is 12.1. The molecule has 1 heterocycles. The number of thiazole rings is 1. The van der Waals surface area contributed by atoms with E-state index >= 15 is 0 Å². The Morgan fingerprint density at radius 2 is 1.94 bits per heavy atom. The van der Waals surface area contributed by atoms with Gasteiger partial charge in [-0.3, -0.25) is 10.1 Å². The molecule has 3 rings (SSSR count). The number of aliphatic carboxylic acids is 1. The van der Waals surface area contributed by atoms with Gasteiger partial charge in [-0.25, -0.2) is 22.6 Å². The number of nitrogens with one attached hydrogen (secondary N) is 1. The fourth-order valence-electron chi connectivity index (χ4n) is 4.09. The highest BCUT2D eigenvalue weighted by Gasteiger charge is 2.44. The summed E-state index contributed by atoms with van der Waals surface area (Å²) in [4.78, 5) is 30.5. The third kappa shape index (κ3) is 5.97. The summed E-state index contributed by atoms with van der Waals surface area (Å²) in [5.41, 5.74) is 0.716. The molecule has 0 saturated heterocycles. The minimum Gasteiger partial charge on any atom is -0.494 e. The van der Waals surface area contributed by atoms with Crippen molar-refractivity contribution in [2.24, 2.45) is 5.92 Å². The quantitative estimate of drug-likeness (QED) is 0.476. The number of carbonyl (C=O) groups is 2. The van der Waals surface area contributed by atoms with Crippen molar-refractivity contribution >= 4 is 38.3 Å². The normalized spacial score (nSPS) is 18.5. The van der Waals surface area contributed by atoms with Gasteiger partial charge in [0.2, 0.25) is 9.84 Å². The van der Waals surface area contributed by atoms with Crippen molar-refractivity contribution in [2.75, 3.05) is 19.0 Å². The number of carbonyl (C=O) groups excluding carboxylic acids is 1. The molecule has 9 nitrogen and oxygen atoms in total. The van der Waals surface area contributed by atoms with E-state index in [1.165, 1.54) is 13.2 Å². The molecule has 1 saturated carbocycles. The Balaban J connectivity index is 1.77. The lowest BCUT2D eigenvalue weighted by atomic mass is 9.86. The zero-order chi connectivity index (χ0) is 26.7. The van der Waals surface area contributed by atoms with Crippen LogP contribution in [0.5, 0.6) is 5.75 Å². The highest BCUT2D eigenvalue weighted by atomic mass is 32.2. The number of sulfone groups is 1. The van der Waals surface area contributed by atoms with Crippen LogP contribution in [0, 0.1) is 11.7 Å². The Kier molecular flexibility index (Phi) is 8.60. The largest absolute Gasteiger partial charge is 0.494 e. The summed E-state index contributed by atoms with van der Waals surface area (Å²) in [6, 6.07) is 4.24. The van der Waals surface area contributed by atoms with Gasteiger partial charge in [-0.05, 0) is 69.6 Å². The number of halogens is 1. The number of aromatic nitrogens is 1. The number of nitrogens with zero attached hydrogens (tertiary/aromatic N) is 2. The van der Waals surface area contributed by atoms with Gasteiger partial charge in [0.1, 0.15) is 4.21 Å². The van der Waals surface area contributed by atoms with Gasteiger partial charge in [-0.2, -0.15) is 0 Å². The fourth-order valence-corrected chi connectivity index (χ4v) is 6.85. The van der Waals surface area contributed by atoms with Crippen LogP contribution in [0.2, 0.25) is 0 Å². The van der Waals surface area contributed by atoms with Crippen molar-refractivity contribution in [1.29, 1.82) is 0 Å². The lowest BCUT2D eigenvalue weighted by molar-refractivity contribution is -0.139. The molecule has 2 N–H and O–H groups in total. The Labute approximate surface area is 214 Å².